The number of aromatic nitrogens is 2. The Morgan fingerprint density at radius 2 is 2.21 bits per heavy atom. The van der Waals surface area contributed by atoms with Gasteiger partial charge < -0.3 is 9.32 Å². The van der Waals surface area contributed by atoms with E-state index in [0.29, 0.717) is 24.9 Å². The quantitative estimate of drug-likeness (QED) is 0.460. The summed E-state index contributed by atoms with van der Waals surface area (Å²) in [6.07, 6.45) is 1.54. The average Bonchev–Trinajstić information content (AvgIpc) is 3.38. The van der Waals surface area contributed by atoms with Gasteiger partial charge in [0.15, 0.2) is 0 Å². The minimum Gasteiger partial charge on any atom is -0.420 e. The van der Waals surface area contributed by atoms with E-state index in [1.165, 1.54) is 29.5 Å². The molecular formula is C18H15ClN4O4S. The number of rotatable bonds is 4. The molecule has 1 saturated heterocycles. The van der Waals surface area contributed by atoms with Gasteiger partial charge in [-0.15, -0.1) is 21.5 Å². The first-order valence-electron chi connectivity index (χ1n) is 8.63. The molecule has 10 heteroatoms. The van der Waals surface area contributed by atoms with Crippen molar-refractivity contribution < 1.29 is 14.1 Å². The number of thiophene rings is 1. The molecule has 1 atom stereocenters. The molecule has 0 aliphatic carbocycles. The first kappa shape index (κ1) is 18.6. The summed E-state index contributed by atoms with van der Waals surface area (Å²) >= 11 is 7.46. The molecule has 0 bridgehead atoms. The summed E-state index contributed by atoms with van der Waals surface area (Å²) in [7, 11) is 0. The van der Waals surface area contributed by atoms with Gasteiger partial charge in [0.05, 0.1) is 15.7 Å². The summed E-state index contributed by atoms with van der Waals surface area (Å²) in [5.74, 6) is 0.398. The van der Waals surface area contributed by atoms with Crippen molar-refractivity contribution in [2.24, 2.45) is 0 Å². The van der Waals surface area contributed by atoms with Gasteiger partial charge in [-0.2, -0.15) is 0 Å². The SMILES string of the molecule is O=C(c1cc(Cl)ccc1[N+](=O)[O-])N1CCCC(c2nnc(-c3cccs3)o2)C1. The van der Waals surface area contributed by atoms with Gasteiger partial charge in [-0.25, -0.2) is 0 Å². The van der Waals surface area contributed by atoms with E-state index >= 15 is 0 Å². The molecule has 0 saturated carbocycles. The van der Waals surface area contributed by atoms with E-state index in [2.05, 4.69) is 10.2 Å². The molecular weight excluding hydrogens is 404 g/mol. The standard InChI is InChI=1S/C18H15ClN4O4S/c19-12-5-6-14(23(25)26)13(9-12)18(24)22-7-1-3-11(10-22)16-20-21-17(27-16)15-4-2-8-28-15/h2,4-6,8-9,11H,1,3,7,10H2. The van der Waals surface area contributed by atoms with Gasteiger partial charge in [0.2, 0.25) is 5.89 Å². The molecule has 2 aromatic heterocycles. The van der Waals surface area contributed by atoms with Crippen LogP contribution in [0, 0.1) is 10.1 Å². The number of hydrogen-bond donors (Lipinski definition) is 0. The zero-order chi connectivity index (χ0) is 19.7. The number of hydrogen-bond acceptors (Lipinski definition) is 7. The highest BCUT2D eigenvalue weighted by Gasteiger charge is 2.32. The number of piperidine rings is 1. The van der Waals surface area contributed by atoms with Crippen LogP contribution < -0.4 is 0 Å². The molecule has 1 unspecified atom stereocenters. The summed E-state index contributed by atoms with van der Waals surface area (Å²) in [4.78, 5) is 26.1. The molecule has 3 aromatic rings. The molecule has 0 radical (unpaired) electrons. The maximum Gasteiger partial charge on any atom is 0.282 e. The monoisotopic (exact) mass is 418 g/mol. The minimum atomic E-state index is -0.573. The number of nitrogens with zero attached hydrogens (tertiary/aromatic N) is 4. The van der Waals surface area contributed by atoms with Gasteiger partial charge in [-0.05, 0) is 36.4 Å². The van der Waals surface area contributed by atoms with E-state index in [-0.39, 0.29) is 22.2 Å². The zero-order valence-electron chi connectivity index (χ0n) is 14.6. The highest BCUT2D eigenvalue weighted by Crippen LogP contribution is 2.32. The summed E-state index contributed by atoms with van der Waals surface area (Å²) in [5, 5.41) is 21.7. The Labute approximate surface area is 168 Å². The summed E-state index contributed by atoms with van der Waals surface area (Å²) in [5.41, 5.74) is -0.266. The van der Waals surface area contributed by atoms with Crippen LogP contribution in [0.2, 0.25) is 5.02 Å². The van der Waals surface area contributed by atoms with Crippen molar-refractivity contribution in [1.82, 2.24) is 15.1 Å². The van der Waals surface area contributed by atoms with Gasteiger partial charge in [0.25, 0.3) is 17.5 Å². The molecule has 1 aromatic carbocycles. The molecule has 28 heavy (non-hydrogen) atoms. The summed E-state index contributed by atoms with van der Waals surface area (Å²) in [6, 6.07) is 7.80. The van der Waals surface area contributed by atoms with E-state index < -0.39 is 10.8 Å². The van der Waals surface area contributed by atoms with E-state index in [9.17, 15) is 14.9 Å². The molecule has 1 aliphatic heterocycles. The van der Waals surface area contributed by atoms with Crippen molar-refractivity contribution in [3.05, 3.63) is 62.3 Å². The summed E-state index contributed by atoms with van der Waals surface area (Å²) in [6.45, 7) is 0.861. The van der Waals surface area contributed by atoms with Crippen LogP contribution in [0.4, 0.5) is 5.69 Å². The average molecular weight is 419 g/mol. The van der Waals surface area contributed by atoms with Crippen LogP contribution in [0.15, 0.2) is 40.1 Å². The van der Waals surface area contributed by atoms with Crippen molar-refractivity contribution in [2.75, 3.05) is 13.1 Å². The predicted octanol–water partition coefficient (Wildman–Crippen LogP) is 4.38. The van der Waals surface area contributed by atoms with Crippen molar-refractivity contribution >= 4 is 34.5 Å². The normalized spacial score (nSPS) is 16.9. The third-order valence-corrected chi connectivity index (χ3v) is 5.71. The largest absolute Gasteiger partial charge is 0.420 e. The predicted molar refractivity (Wildman–Crippen MR) is 104 cm³/mol. The number of benzene rings is 1. The number of likely N-dealkylation sites (tertiary alicyclic amines) is 1. The molecule has 0 spiro atoms. The second-order valence-electron chi connectivity index (χ2n) is 6.43. The van der Waals surface area contributed by atoms with Gasteiger partial charge in [0.1, 0.15) is 5.56 Å². The number of nitro groups is 1. The van der Waals surface area contributed by atoms with Crippen LogP contribution in [-0.4, -0.2) is 39.0 Å². The smallest absolute Gasteiger partial charge is 0.282 e. The van der Waals surface area contributed by atoms with Crippen LogP contribution in [0.3, 0.4) is 0 Å². The Morgan fingerprint density at radius 1 is 1.36 bits per heavy atom. The lowest BCUT2D eigenvalue weighted by atomic mass is 9.97. The van der Waals surface area contributed by atoms with E-state index in [1.54, 1.807) is 4.90 Å². The fourth-order valence-electron chi connectivity index (χ4n) is 3.27. The fourth-order valence-corrected chi connectivity index (χ4v) is 4.09. The lowest BCUT2D eigenvalue weighted by molar-refractivity contribution is -0.385. The van der Waals surface area contributed by atoms with E-state index in [0.717, 1.165) is 17.7 Å². The Kier molecular flexibility index (Phi) is 5.10. The molecule has 8 nitrogen and oxygen atoms in total. The highest BCUT2D eigenvalue weighted by molar-refractivity contribution is 7.13. The molecule has 1 amide bonds. The lowest BCUT2D eigenvalue weighted by Crippen LogP contribution is -2.39. The number of carbonyl (C=O) groups is 1. The van der Waals surface area contributed by atoms with Crippen molar-refractivity contribution in [3.8, 4) is 10.8 Å². The molecule has 4 rings (SSSR count). The molecule has 3 heterocycles. The van der Waals surface area contributed by atoms with Crippen molar-refractivity contribution in [1.29, 1.82) is 0 Å². The zero-order valence-corrected chi connectivity index (χ0v) is 16.2. The third kappa shape index (κ3) is 3.63. The van der Waals surface area contributed by atoms with Crippen LogP contribution in [0.25, 0.3) is 10.8 Å². The van der Waals surface area contributed by atoms with Gasteiger partial charge in [-0.1, -0.05) is 17.7 Å². The maximum atomic E-state index is 12.9. The van der Waals surface area contributed by atoms with E-state index in [4.69, 9.17) is 16.0 Å². The summed E-state index contributed by atoms with van der Waals surface area (Å²) < 4.78 is 5.80. The van der Waals surface area contributed by atoms with Gasteiger partial charge in [-0.3, -0.25) is 14.9 Å². The van der Waals surface area contributed by atoms with Crippen LogP contribution in [0.1, 0.15) is 35.0 Å². The molecule has 1 aliphatic rings. The highest BCUT2D eigenvalue weighted by atomic mass is 35.5. The number of carbonyl (C=O) groups excluding carboxylic acids is 1. The Morgan fingerprint density at radius 3 is 2.96 bits per heavy atom. The van der Waals surface area contributed by atoms with Gasteiger partial charge >= 0.3 is 0 Å². The second kappa shape index (κ2) is 7.69. The number of amides is 1. The molecule has 0 N–H and O–H groups in total. The Bertz CT molecular complexity index is 1020. The number of nitro benzene ring substituents is 1. The first-order chi connectivity index (χ1) is 13.5. The Hall–Kier alpha value is -2.78. The van der Waals surface area contributed by atoms with Crippen molar-refractivity contribution in [2.45, 2.75) is 18.8 Å². The maximum absolute atomic E-state index is 12.9. The van der Waals surface area contributed by atoms with Gasteiger partial charge in [0, 0.05) is 24.2 Å². The van der Waals surface area contributed by atoms with Crippen LogP contribution in [0.5, 0.6) is 0 Å². The van der Waals surface area contributed by atoms with Crippen LogP contribution >= 0.6 is 22.9 Å². The third-order valence-electron chi connectivity index (χ3n) is 4.62. The van der Waals surface area contributed by atoms with Crippen LogP contribution in [-0.2, 0) is 0 Å². The first-order valence-corrected chi connectivity index (χ1v) is 9.89. The minimum absolute atomic E-state index is 0.0112. The number of halogens is 1. The van der Waals surface area contributed by atoms with Crippen molar-refractivity contribution in [3.63, 3.8) is 0 Å². The van der Waals surface area contributed by atoms with E-state index in [1.807, 2.05) is 17.5 Å². The molecule has 144 valence electrons. The topological polar surface area (TPSA) is 102 Å². The Balaban J connectivity index is 1.55. The molecule has 1 fully saturated rings. The fraction of sp³-hybridized carbons (Fsp3) is 0.278. The lowest BCUT2D eigenvalue weighted by Gasteiger charge is -2.31. The second-order valence-corrected chi connectivity index (χ2v) is 7.82.